The van der Waals surface area contributed by atoms with Crippen molar-refractivity contribution in [1.82, 2.24) is 0 Å². The average molecular weight is 210 g/mol. The Morgan fingerprint density at radius 2 is 2.13 bits per heavy atom. The second-order valence-electron chi connectivity index (χ2n) is 3.26. The fourth-order valence-electron chi connectivity index (χ4n) is 1.45. The maximum absolute atomic E-state index is 13.3. The van der Waals surface area contributed by atoms with Gasteiger partial charge in [-0.3, -0.25) is 4.79 Å². The van der Waals surface area contributed by atoms with Gasteiger partial charge in [0.2, 0.25) is 0 Å². The minimum atomic E-state index is -0.692. The molecule has 1 aromatic rings. The maximum atomic E-state index is 13.3. The van der Waals surface area contributed by atoms with Crippen LogP contribution in [0.15, 0.2) is 30.5 Å². The van der Waals surface area contributed by atoms with Gasteiger partial charge in [0.15, 0.2) is 5.78 Å². The van der Waals surface area contributed by atoms with Gasteiger partial charge in [-0.05, 0) is 12.1 Å². The summed E-state index contributed by atoms with van der Waals surface area (Å²) in [6.45, 7) is 0. The van der Waals surface area contributed by atoms with Crippen LogP contribution in [0.5, 0.6) is 0 Å². The number of ether oxygens (including phenoxy) is 1. The Morgan fingerprint density at radius 3 is 2.80 bits per heavy atom. The van der Waals surface area contributed by atoms with Gasteiger partial charge in [0.25, 0.3) is 0 Å². The second-order valence-corrected chi connectivity index (χ2v) is 3.26. The van der Waals surface area contributed by atoms with E-state index in [1.54, 1.807) is 0 Å². The molecule has 1 unspecified atom stereocenters. The van der Waals surface area contributed by atoms with Crippen LogP contribution in [0.3, 0.4) is 0 Å². The van der Waals surface area contributed by atoms with Crippen LogP contribution >= 0.6 is 0 Å². The van der Waals surface area contributed by atoms with Crippen LogP contribution in [-0.4, -0.2) is 5.78 Å². The van der Waals surface area contributed by atoms with Gasteiger partial charge in [0, 0.05) is 17.7 Å². The van der Waals surface area contributed by atoms with Gasteiger partial charge >= 0.3 is 0 Å². The van der Waals surface area contributed by atoms with E-state index >= 15 is 0 Å². The van der Waals surface area contributed by atoms with Crippen molar-refractivity contribution in [3.63, 3.8) is 0 Å². The minimum Gasteiger partial charge on any atom is -0.493 e. The molecule has 2 nitrogen and oxygen atoms in total. The van der Waals surface area contributed by atoms with Gasteiger partial charge in [-0.15, -0.1) is 0 Å². The first-order chi connectivity index (χ1) is 7.16. The summed E-state index contributed by atoms with van der Waals surface area (Å²) in [6.07, 6.45) is 1.96. The molecule has 4 heteroatoms. The highest BCUT2D eigenvalue weighted by molar-refractivity contribution is 5.90. The van der Waals surface area contributed by atoms with E-state index in [4.69, 9.17) is 4.74 Å². The van der Waals surface area contributed by atoms with E-state index in [9.17, 15) is 13.6 Å². The normalized spacial score (nSPS) is 20.1. The molecule has 0 amide bonds. The third kappa shape index (κ3) is 2.03. The summed E-state index contributed by atoms with van der Waals surface area (Å²) in [5, 5.41) is 0. The Hall–Kier alpha value is -1.71. The SMILES string of the molecule is O=C1C=COC(c2ccc(F)cc2F)C1. The molecular weight excluding hydrogens is 202 g/mol. The summed E-state index contributed by atoms with van der Waals surface area (Å²) in [7, 11) is 0. The average Bonchev–Trinajstić information content (AvgIpc) is 2.17. The lowest BCUT2D eigenvalue weighted by atomic mass is 10.0. The smallest absolute Gasteiger partial charge is 0.162 e. The molecule has 1 aromatic carbocycles. The van der Waals surface area contributed by atoms with Gasteiger partial charge in [0.1, 0.15) is 17.7 Å². The zero-order chi connectivity index (χ0) is 10.8. The molecule has 0 spiro atoms. The quantitative estimate of drug-likeness (QED) is 0.711. The molecule has 1 aliphatic rings. The van der Waals surface area contributed by atoms with Gasteiger partial charge in [-0.25, -0.2) is 8.78 Å². The molecule has 0 aliphatic carbocycles. The van der Waals surface area contributed by atoms with Crippen molar-refractivity contribution in [2.24, 2.45) is 0 Å². The van der Waals surface area contributed by atoms with Gasteiger partial charge < -0.3 is 4.74 Å². The summed E-state index contributed by atoms with van der Waals surface area (Å²) in [5.41, 5.74) is 0.203. The topological polar surface area (TPSA) is 26.3 Å². The molecule has 0 N–H and O–H groups in total. The zero-order valence-electron chi connectivity index (χ0n) is 7.74. The molecule has 0 aromatic heterocycles. The van der Waals surface area contributed by atoms with Gasteiger partial charge in [-0.1, -0.05) is 0 Å². The molecule has 0 saturated carbocycles. The van der Waals surface area contributed by atoms with Gasteiger partial charge in [-0.2, -0.15) is 0 Å². The molecule has 0 saturated heterocycles. The predicted octanol–water partition coefficient (Wildman–Crippen LogP) is 2.51. The molecule has 1 atom stereocenters. The molecule has 1 heterocycles. The fourth-order valence-corrected chi connectivity index (χ4v) is 1.45. The first-order valence-electron chi connectivity index (χ1n) is 4.46. The Kier molecular flexibility index (Phi) is 2.49. The number of carbonyl (C=O) groups is 1. The lowest BCUT2D eigenvalue weighted by Crippen LogP contribution is -2.12. The third-order valence-electron chi connectivity index (χ3n) is 2.19. The minimum absolute atomic E-state index is 0.0824. The van der Waals surface area contributed by atoms with Crippen LogP contribution < -0.4 is 0 Å². The van der Waals surface area contributed by atoms with Crippen LogP contribution in [0.4, 0.5) is 8.78 Å². The summed E-state index contributed by atoms with van der Waals surface area (Å²) in [5.74, 6) is -1.47. The molecule has 2 rings (SSSR count). The largest absolute Gasteiger partial charge is 0.493 e. The Morgan fingerprint density at radius 1 is 1.33 bits per heavy atom. The molecule has 0 radical (unpaired) electrons. The van der Waals surface area contributed by atoms with Crippen molar-refractivity contribution in [3.8, 4) is 0 Å². The Balaban J connectivity index is 2.30. The maximum Gasteiger partial charge on any atom is 0.162 e. The predicted molar refractivity (Wildman–Crippen MR) is 48.9 cm³/mol. The first-order valence-corrected chi connectivity index (χ1v) is 4.46. The van der Waals surface area contributed by atoms with Crippen molar-refractivity contribution < 1.29 is 18.3 Å². The molecule has 78 valence electrons. The number of rotatable bonds is 1. The number of hydrogen-bond donors (Lipinski definition) is 0. The summed E-state index contributed by atoms with van der Waals surface area (Å²) in [4.78, 5) is 11.1. The van der Waals surface area contributed by atoms with E-state index in [0.29, 0.717) is 0 Å². The highest BCUT2D eigenvalue weighted by Gasteiger charge is 2.21. The Labute approximate surface area is 85.2 Å². The number of hydrogen-bond acceptors (Lipinski definition) is 2. The van der Waals surface area contributed by atoms with Crippen LogP contribution in [-0.2, 0) is 9.53 Å². The highest BCUT2D eigenvalue weighted by atomic mass is 19.1. The van der Waals surface area contributed by atoms with Crippen molar-refractivity contribution >= 4 is 5.78 Å². The van der Waals surface area contributed by atoms with Crippen LogP contribution in [0.25, 0.3) is 0 Å². The first kappa shape index (κ1) is 9.83. The van der Waals surface area contributed by atoms with E-state index in [2.05, 4.69) is 0 Å². The molecule has 0 bridgehead atoms. The van der Waals surface area contributed by atoms with Crippen molar-refractivity contribution in [2.45, 2.75) is 12.5 Å². The number of halogens is 2. The Bertz CT molecular complexity index is 427. The molecule has 15 heavy (non-hydrogen) atoms. The number of allylic oxidation sites excluding steroid dienone is 1. The monoisotopic (exact) mass is 210 g/mol. The van der Waals surface area contributed by atoms with Crippen LogP contribution in [0, 0.1) is 11.6 Å². The van der Waals surface area contributed by atoms with E-state index in [1.165, 1.54) is 18.4 Å². The third-order valence-corrected chi connectivity index (χ3v) is 2.19. The summed E-state index contributed by atoms with van der Waals surface area (Å²) < 4.78 is 31.0. The molecule has 1 aliphatic heterocycles. The van der Waals surface area contributed by atoms with E-state index in [0.717, 1.165) is 12.1 Å². The highest BCUT2D eigenvalue weighted by Crippen LogP contribution is 2.27. The van der Waals surface area contributed by atoms with E-state index in [1.807, 2.05) is 0 Å². The fraction of sp³-hybridized carbons (Fsp3) is 0.182. The zero-order valence-corrected chi connectivity index (χ0v) is 7.74. The van der Waals surface area contributed by atoms with Crippen molar-refractivity contribution in [2.75, 3.05) is 0 Å². The van der Waals surface area contributed by atoms with Crippen LogP contribution in [0.2, 0.25) is 0 Å². The lowest BCUT2D eigenvalue weighted by molar-refractivity contribution is -0.118. The van der Waals surface area contributed by atoms with Crippen LogP contribution in [0.1, 0.15) is 18.1 Å². The lowest BCUT2D eigenvalue weighted by Gasteiger charge is -2.19. The van der Waals surface area contributed by atoms with E-state index in [-0.39, 0.29) is 17.8 Å². The molecular formula is C11H8F2O2. The van der Waals surface area contributed by atoms with Gasteiger partial charge in [0.05, 0.1) is 12.7 Å². The number of benzene rings is 1. The number of carbonyl (C=O) groups excluding carboxylic acids is 1. The number of ketones is 1. The summed E-state index contributed by atoms with van der Waals surface area (Å²) in [6, 6.07) is 3.22. The molecule has 0 fully saturated rings. The summed E-state index contributed by atoms with van der Waals surface area (Å²) >= 11 is 0. The van der Waals surface area contributed by atoms with Crippen molar-refractivity contribution in [1.29, 1.82) is 0 Å². The standard InChI is InChI=1S/C11H8F2O2/c12-7-1-2-9(10(13)5-7)11-6-8(14)3-4-15-11/h1-5,11H,6H2. The van der Waals surface area contributed by atoms with Crippen molar-refractivity contribution in [3.05, 3.63) is 47.7 Å². The van der Waals surface area contributed by atoms with E-state index < -0.39 is 17.7 Å². The second kappa shape index (κ2) is 3.81.